The molecule has 1 atom stereocenters. The van der Waals surface area contributed by atoms with Crippen molar-refractivity contribution in [3.63, 3.8) is 0 Å². The summed E-state index contributed by atoms with van der Waals surface area (Å²) < 4.78 is 13.0. The van der Waals surface area contributed by atoms with Crippen LogP contribution in [0.3, 0.4) is 0 Å². The third-order valence-electron chi connectivity index (χ3n) is 4.82. The second-order valence-electron chi connectivity index (χ2n) is 6.77. The number of halogens is 1. The van der Waals surface area contributed by atoms with E-state index in [2.05, 4.69) is 23.3 Å². The zero-order valence-corrected chi connectivity index (χ0v) is 15.0. The van der Waals surface area contributed by atoms with E-state index >= 15 is 0 Å². The molecule has 2 heterocycles. The number of hydrogen-bond acceptors (Lipinski definition) is 3. The van der Waals surface area contributed by atoms with E-state index in [0.29, 0.717) is 12.2 Å². The molecule has 0 aliphatic carbocycles. The van der Waals surface area contributed by atoms with Crippen molar-refractivity contribution in [2.45, 2.75) is 25.9 Å². The highest BCUT2D eigenvalue weighted by atomic mass is 19.1. The van der Waals surface area contributed by atoms with Gasteiger partial charge in [-0.05, 0) is 54.8 Å². The van der Waals surface area contributed by atoms with Gasteiger partial charge in [-0.15, -0.1) is 0 Å². The number of anilines is 2. The predicted molar refractivity (Wildman–Crippen MR) is 104 cm³/mol. The molecular weight excluding hydrogens is 341 g/mol. The molecule has 1 aliphatic heterocycles. The number of hydrogen-bond donors (Lipinski definition) is 1. The van der Waals surface area contributed by atoms with Crippen LogP contribution in [-0.4, -0.2) is 16.9 Å². The fraction of sp³-hybridized carbons (Fsp3) is 0.182. The van der Waals surface area contributed by atoms with Gasteiger partial charge in [-0.25, -0.2) is 9.37 Å². The summed E-state index contributed by atoms with van der Waals surface area (Å²) in [6.07, 6.45) is 2.52. The molecule has 1 N–H and O–H groups in total. The molecule has 0 spiro atoms. The number of rotatable bonds is 4. The van der Waals surface area contributed by atoms with Crippen LogP contribution in [0.1, 0.15) is 28.5 Å². The third kappa shape index (κ3) is 3.53. The Hall–Kier alpha value is -3.21. The van der Waals surface area contributed by atoms with E-state index in [0.717, 1.165) is 23.4 Å². The summed E-state index contributed by atoms with van der Waals surface area (Å²) in [7, 11) is 0. The van der Waals surface area contributed by atoms with Crippen LogP contribution >= 0.6 is 0 Å². The minimum atomic E-state index is -0.249. The Morgan fingerprint density at radius 1 is 1.15 bits per heavy atom. The second-order valence-corrected chi connectivity index (χ2v) is 6.77. The largest absolute Gasteiger partial charge is 0.380 e. The smallest absolute Gasteiger partial charge is 0.277 e. The molecule has 136 valence electrons. The van der Waals surface area contributed by atoms with Gasteiger partial charge < -0.3 is 10.2 Å². The van der Waals surface area contributed by atoms with Gasteiger partial charge in [-0.2, -0.15) is 0 Å². The van der Waals surface area contributed by atoms with Crippen molar-refractivity contribution in [2.24, 2.45) is 0 Å². The lowest BCUT2D eigenvalue weighted by Crippen LogP contribution is -2.36. The summed E-state index contributed by atoms with van der Waals surface area (Å²) in [5.74, 6) is -0.335. The highest BCUT2D eigenvalue weighted by Gasteiger charge is 2.31. The summed E-state index contributed by atoms with van der Waals surface area (Å²) in [6, 6.07) is 18.0. The van der Waals surface area contributed by atoms with Crippen molar-refractivity contribution < 1.29 is 9.18 Å². The van der Waals surface area contributed by atoms with Gasteiger partial charge in [0.1, 0.15) is 11.5 Å². The van der Waals surface area contributed by atoms with E-state index in [1.807, 2.05) is 29.2 Å². The zero-order valence-electron chi connectivity index (χ0n) is 15.0. The zero-order chi connectivity index (χ0) is 18.8. The number of carbonyl (C=O) groups excluding carboxylic acids is 1. The summed E-state index contributed by atoms with van der Waals surface area (Å²) in [5, 5.41) is 3.23. The molecule has 1 aromatic heterocycles. The minimum absolute atomic E-state index is 0.0856. The molecule has 4 nitrogen and oxygen atoms in total. The number of fused-ring (bicyclic) bond motifs is 1. The first kappa shape index (κ1) is 17.2. The first-order chi connectivity index (χ1) is 13.1. The molecule has 0 fully saturated rings. The lowest BCUT2D eigenvalue weighted by molar-refractivity contribution is 0.0976. The van der Waals surface area contributed by atoms with Crippen molar-refractivity contribution in [3.8, 4) is 0 Å². The highest BCUT2D eigenvalue weighted by Crippen LogP contribution is 2.32. The molecule has 0 saturated heterocycles. The van der Waals surface area contributed by atoms with Crippen molar-refractivity contribution in [1.82, 2.24) is 4.98 Å². The molecular formula is C22H20FN3O. The van der Waals surface area contributed by atoms with Gasteiger partial charge in [0, 0.05) is 18.3 Å². The van der Waals surface area contributed by atoms with Crippen LogP contribution in [0.25, 0.3) is 0 Å². The van der Waals surface area contributed by atoms with Crippen molar-refractivity contribution >= 4 is 17.3 Å². The molecule has 0 saturated carbocycles. The molecule has 2 aromatic carbocycles. The number of benzene rings is 2. The van der Waals surface area contributed by atoms with E-state index in [4.69, 9.17) is 0 Å². The average Bonchev–Trinajstić information content (AvgIpc) is 3.03. The van der Waals surface area contributed by atoms with Crippen LogP contribution in [0.5, 0.6) is 0 Å². The quantitative estimate of drug-likeness (QED) is 0.748. The molecule has 0 bridgehead atoms. The van der Waals surface area contributed by atoms with Gasteiger partial charge in [0.25, 0.3) is 5.91 Å². The first-order valence-electron chi connectivity index (χ1n) is 8.97. The number of nitrogens with zero attached hydrogens (tertiary/aromatic N) is 2. The van der Waals surface area contributed by atoms with E-state index in [9.17, 15) is 9.18 Å². The Labute approximate surface area is 157 Å². The molecule has 1 aliphatic rings. The lowest BCUT2D eigenvalue weighted by Gasteiger charge is -2.22. The number of pyridine rings is 1. The minimum Gasteiger partial charge on any atom is -0.380 e. The van der Waals surface area contributed by atoms with Gasteiger partial charge in [-0.1, -0.05) is 30.3 Å². The number of amides is 1. The van der Waals surface area contributed by atoms with Gasteiger partial charge in [0.2, 0.25) is 0 Å². The maximum atomic E-state index is 13.0. The van der Waals surface area contributed by atoms with E-state index < -0.39 is 0 Å². The Morgan fingerprint density at radius 3 is 2.67 bits per heavy atom. The van der Waals surface area contributed by atoms with E-state index in [1.54, 1.807) is 24.4 Å². The topological polar surface area (TPSA) is 45.2 Å². The average molecular weight is 361 g/mol. The summed E-state index contributed by atoms with van der Waals surface area (Å²) in [4.78, 5) is 19.1. The van der Waals surface area contributed by atoms with Crippen LogP contribution in [0.4, 0.5) is 15.8 Å². The second kappa shape index (κ2) is 7.19. The number of nitrogens with one attached hydrogen (secondary N) is 1. The molecule has 27 heavy (non-hydrogen) atoms. The monoisotopic (exact) mass is 361 g/mol. The Balaban J connectivity index is 1.46. The molecule has 4 rings (SSSR count). The number of aromatic nitrogens is 1. The van der Waals surface area contributed by atoms with Gasteiger partial charge in [-0.3, -0.25) is 4.79 Å². The van der Waals surface area contributed by atoms with Crippen LogP contribution < -0.4 is 10.2 Å². The predicted octanol–water partition coefficient (Wildman–Crippen LogP) is 4.42. The van der Waals surface area contributed by atoms with Crippen LogP contribution in [0.2, 0.25) is 0 Å². The molecule has 3 aromatic rings. The number of carbonyl (C=O) groups is 1. The summed E-state index contributed by atoms with van der Waals surface area (Å²) in [5.41, 5.74) is 4.36. The van der Waals surface area contributed by atoms with Crippen molar-refractivity contribution in [3.05, 3.63) is 89.5 Å². The van der Waals surface area contributed by atoms with Crippen molar-refractivity contribution in [2.75, 3.05) is 10.2 Å². The fourth-order valence-corrected chi connectivity index (χ4v) is 3.43. The first-order valence-corrected chi connectivity index (χ1v) is 8.97. The maximum absolute atomic E-state index is 13.0. The third-order valence-corrected chi connectivity index (χ3v) is 4.82. The standard InChI is InChI=1S/C22H20FN3O/c1-15-12-17-4-2-3-5-21(17)26(15)22(27)20-11-10-19(14-25-20)24-13-16-6-8-18(23)9-7-16/h2-11,14-15,24H,12-13H2,1H3. The number of para-hydroxylation sites is 1. The summed E-state index contributed by atoms with van der Waals surface area (Å²) in [6.45, 7) is 2.61. The van der Waals surface area contributed by atoms with Crippen molar-refractivity contribution in [1.29, 1.82) is 0 Å². The Bertz CT molecular complexity index is 954. The van der Waals surface area contributed by atoms with Crippen LogP contribution in [0.15, 0.2) is 66.9 Å². The van der Waals surface area contributed by atoms with Crippen LogP contribution in [-0.2, 0) is 13.0 Å². The summed E-state index contributed by atoms with van der Waals surface area (Å²) >= 11 is 0. The van der Waals surface area contributed by atoms with Crippen LogP contribution in [0, 0.1) is 5.82 Å². The van der Waals surface area contributed by atoms with Gasteiger partial charge in [0.05, 0.1) is 11.9 Å². The highest BCUT2D eigenvalue weighted by molar-refractivity contribution is 6.06. The lowest BCUT2D eigenvalue weighted by atomic mass is 10.1. The Morgan fingerprint density at radius 2 is 1.93 bits per heavy atom. The molecule has 1 unspecified atom stereocenters. The fourth-order valence-electron chi connectivity index (χ4n) is 3.43. The van der Waals surface area contributed by atoms with Gasteiger partial charge in [0.15, 0.2) is 0 Å². The Kier molecular flexibility index (Phi) is 4.59. The normalized spacial score (nSPS) is 15.5. The molecule has 5 heteroatoms. The van der Waals surface area contributed by atoms with Gasteiger partial charge >= 0.3 is 0 Å². The molecule has 1 amide bonds. The maximum Gasteiger partial charge on any atom is 0.277 e. The molecule has 0 radical (unpaired) electrons. The SMILES string of the molecule is CC1Cc2ccccc2N1C(=O)c1ccc(NCc2ccc(F)cc2)cn1. The van der Waals surface area contributed by atoms with E-state index in [1.165, 1.54) is 17.7 Å². The van der Waals surface area contributed by atoms with E-state index in [-0.39, 0.29) is 17.8 Å².